The van der Waals surface area contributed by atoms with Gasteiger partial charge in [-0.1, -0.05) is 91.0 Å². The number of ether oxygens (including phenoxy) is 1. The van der Waals surface area contributed by atoms with Crippen LogP contribution >= 0.6 is 0 Å². The SMILES string of the molecule is O=C(CN=C(c1ccccc1)c1ccccc1)OCCc1ccccc1. The van der Waals surface area contributed by atoms with Gasteiger partial charge in [-0.3, -0.25) is 9.79 Å². The summed E-state index contributed by atoms with van der Waals surface area (Å²) in [7, 11) is 0. The number of aliphatic imine (C=N–C) groups is 1. The van der Waals surface area contributed by atoms with E-state index >= 15 is 0 Å². The van der Waals surface area contributed by atoms with Crippen molar-refractivity contribution in [1.82, 2.24) is 0 Å². The van der Waals surface area contributed by atoms with Gasteiger partial charge in [-0.2, -0.15) is 0 Å². The number of hydrogen-bond donors (Lipinski definition) is 0. The lowest BCUT2D eigenvalue weighted by atomic mass is 10.0. The first-order chi connectivity index (χ1) is 12.8. The minimum Gasteiger partial charge on any atom is -0.464 e. The third-order valence-electron chi connectivity index (χ3n) is 3.96. The van der Waals surface area contributed by atoms with Crippen LogP contribution in [0.5, 0.6) is 0 Å². The van der Waals surface area contributed by atoms with Crippen molar-refractivity contribution in [3.05, 3.63) is 108 Å². The van der Waals surface area contributed by atoms with Crippen molar-refractivity contribution in [2.24, 2.45) is 4.99 Å². The molecular formula is C23H21NO2. The first kappa shape index (κ1) is 17.6. The zero-order valence-corrected chi connectivity index (χ0v) is 14.5. The van der Waals surface area contributed by atoms with Gasteiger partial charge in [0, 0.05) is 17.5 Å². The van der Waals surface area contributed by atoms with Gasteiger partial charge >= 0.3 is 5.97 Å². The fraction of sp³-hybridized carbons (Fsp3) is 0.130. The summed E-state index contributed by atoms with van der Waals surface area (Å²) < 4.78 is 5.32. The molecule has 0 unspecified atom stereocenters. The highest BCUT2D eigenvalue weighted by Crippen LogP contribution is 2.11. The highest BCUT2D eigenvalue weighted by Gasteiger charge is 2.08. The summed E-state index contributed by atoms with van der Waals surface area (Å²) in [5.74, 6) is -0.315. The van der Waals surface area contributed by atoms with Crippen molar-refractivity contribution >= 4 is 11.7 Å². The van der Waals surface area contributed by atoms with Gasteiger partial charge in [0.25, 0.3) is 0 Å². The molecule has 3 aromatic carbocycles. The Kier molecular flexibility index (Phi) is 6.32. The summed E-state index contributed by atoms with van der Waals surface area (Å²) in [6.07, 6.45) is 0.709. The smallest absolute Gasteiger partial charge is 0.327 e. The molecule has 0 amide bonds. The van der Waals surface area contributed by atoms with E-state index in [1.54, 1.807) is 0 Å². The van der Waals surface area contributed by atoms with Crippen LogP contribution in [0.15, 0.2) is 96.0 Å². The van der Waals surface area contributed by atoms with Crippen molar-refractivity contribution in [2.45, 2.75) is 6.42 Å². The van der Waals surface area contributed by atoms with Crippen LogP contribution in [0, 0.1) is 0 Å². The molecule has 0 aliphatic heterocycles. The molecule has 0 fully saturated rings. The van der Waals surface area contributed by atoms with E-state index in [1.807, 2.05) is 91.0 Å². The molecule has 3 heteroatoms. The van der Waals surface area contributed by atoms with Gasteiger partial charge < -0.3 is 4.74 Å². The van der Waals surface area contributed by atoms with Gasteiger partial charge in [-0.05, 0) is 5.56 Å². The predicted molar refractivity (Wildman–Crippen MR) is 104 cm³/mol. The third-order valence-corrected chi connectivity index (χ3v) is 3.96. The molecule has 3 rings (SSSR count). The van der Waals surface area contributed by atoms with E-state index in [-0.39, 0.29) is 12.5 Å². The second-order valence-corrected chi connectivity index (χ2v) is 5.85. The van der Waals surface area contributed by atoms with Crippen LogP contribution in [-0.2, 0) is 16.0 Å². The minimum atomic E-state index is -0.315. The maximum Gasteiger partial charge on any atom is 0.327 e. The maximum absolute atomic E-state index is 12.1. The number of benzene rings is 3. The summed E-state index contributed by atoms with van der Waals surface area (Å²) in [5, 5.41) is 0. The van der Waals surface area contributed by atoms with Crippen LogP contribution in [0.3, 0.4) is 0 Å². The fourth-order valence-corrected chi connectivity index (χ4v) is 2.66. The summed E-state index contributed by atoms with van der Waals surface area (Å²) in [5.41, 5.74) is 3.91. The molecule has 0 atom stereocenters. The fourth-order valence-electron chi connectivity index (χ4n) is 2.66. The first-order valence-electron chi connectivity index (χ1n) is 8.68. The molecular weight excluding hydrogens is 322 g/mol. The van der Waals surface area contributed by atoms with Crippen LogP contribution in [0.25, 0.3) is 0 Å². The van der Waals surface area contributed by atoms with E-state index in [9.17, 15) is 4.79 Å². The highest BCUT2D eigenvalue weighted by molar-refractivity contribution is 6.13. The average Bonchev–Trinajstić information content (AvgIpc) is 2.71. The van der Waals surface area contributed by atoms with E-state index in [4.69, 9.17) is 4.74 Å². The topological polar surface area (TPSA) is 38.7 Å². The van der Waals surface area contributed by atoms with E-state index in [2.05, 4.69) is 4.99 Å². The molecule has 3 aromatic rings. The van der Waals surface area contributed by atoms with Crippen LogP contribution in [-0.4, -0.2) is 24.8 Å². The molecule has 0 saturated heterocycles. The number of carbonyl (C=O) groups is 1. The minimum absolute atomic E-state index is 0.00785. The molecule has 0 aromatic heterocycles. The monoisotopic (exact) mass is 343 g/mol. The van der Waals surface area contributed by atoms with E-state index < -0.39 is 0 Å². The zero-order chi connectivity index (χ0) is 18.0. The van der Waals surface area contributed by atoms with E-state index in [1.165, 1.54) is 0 Å². The standard InChI is InChI=1S/C23H21NO2/c25-22(26-17-16-19-10-4-1-5-11-19)18-24-23(20-12-6-2-7-13-20)21-14-8-3-9-15-21/h1-15H,16-18H2. The highest BCUT2D eigenvalue weighted by atomic mass is 16.5. The first-order valence-corrected chi connectivity index (χ1v) is 8.68. The number of nitrogens with zero attached hydrogens (tertiary/aromatic N) is 1. The van der Waals surface area contributed by atoms with Gasteiger partial charge in [0.05, 0.1) is 12.3 Å². The molecule has 0 heterocycles. The molecule has 0 saturated carbocycles. The summed E-state index contributed by atoms with van der Waals surface area (Å²) >= 11 is 0. The predicted octanol–water partition coefficient (Wildman–Crippen LogP) is 4.31. The Hall–Kier alpha value is -3.20. The summed E-state index contributed by atoms with van der Waals surface area (Å²) in [6.45, 7) is 0.373. The Morgan fingerprint density at radius 1 is 0.731 bits per heavy atom. The molecule has 0 spiro atoms. The molecule has 0 aliphatic carbocycles. The zero-order valence-electron chi connectivity index (χ0n) is 14.5. The molecule has 0 radical (unpaired) electrons. The Labute approximate surface area is 154 Å². The Morgan fingerprint density at radius 3 is 1.77 bits per heavy atom. The van der Waals surface area contributed by atoms with Gasteiger partial charge in [0.15, 0.2) is 0 Å². The number of carbonyl (C=O) groups excluding carboxylic acids is 1. The lowest BCUT2D eigenvalue weighted by Gasteiger charge is -2.08. The van der Waals surface area contributed by atoms with Crippen LogP contribution in [0.2, 0.25) is 0 Å². The van der Waals surface area contributed by atoms with Crippen LogP contribution in [0.1, 0.15) is 16.7 Å². The van der Waals surface area contributed by atoms with Crippen molar-refractivity contribution in [2.75, 3.05) is 13.2 Å². The van der Waals surface area contributed by atoms with Crippen molar-refractivity contribution in [3.63, 3.8) is 0 Å². The maximum atomic E-state index is 12.1. The van der Waals surface area contributed by atoms with Crippen LogP contribution < -0.4 is 0 Å². The number of esters is 1. The normalized spacial score (nSPS) is 10.2. The Bertz CT molecular complexity index is 802. The number of hydrogen-bond acceptors (Lipinski definition) is 3. The second kappa shape index (κ2) is 9.33. The summed E-state index contributed by atoms with van der Waals surface area (Å²) in [4.78, 5) is 16.6. The van der Waals surface area contributed by atoms with E-state index in [0.717, 1.165) is 22.4 Å². The van der Waals surface area contributed by atoms with Gasteiger partial charge in [-0.25, -0.2) is 0 Å². The van der Waals surface area contributed by atoms with Crippen LogP contribution in [0.4, 0.5) is 0 Å². The quantitative estimate of drug-likeness (QED) is 0.474. The molecule has 0 N–H and O–H groups in total. The van der Waals surface area contributed by atoms with Crippen molar-refractivity contribution < 1.29 is 9.53 Å². The molecule has 0 aliphatic rings. The molecule has 0 bridgehead atoms. The third kappa shape index (κ3) is 5.15. The average molecular weight is 343 g/mol. The molecule has 3 nitrogen and oxygen atoms in total. The van der Waals surface area contributed by atoms with E-state index in [0.29, 0.717) is 13.0 Å². The van der Waals surface area contributed by atoms with Crippen molar-refractivity contribution in [3.8, 4) is 0 Å². The Balaban J connectivity index is 1.64. The molecule has 26 heavy (non-hydrogen) atoms. The Morgan fingerprint density at radius 2 is 1.23 bits per heavy atom. The van der Waals surface area contributed by atoms with Crippen molar-refractivity contribution in [1.29, 1.82) is 0 Å². The largest absolute Gasteiger partial charge is 0.464 e. The second-order valence-electron chi connectivity index (χ2n) is 5.85. The molecule has 130 valence electrons. The lowest BCUT2D eigenvalue weighted by molar-refractivity contribution is -0.141. The van der Waals surface area contributed by atoms with Gasteiger partial charge in [0.1, 0.15) is 6.54 Å². The van der Waals surface area contributed by atoms with Gasteiger partial charge in [0.2, 0.25) is 0 Å². The lowest BCUT2D eigenvalue weighted by Crippen LogP contribution is -2.13. The van der Waals surface area contributed by atoms with Gasteiger partial charge in [-0.15, -0.1) is 0 Å². The summed E-state index contributed by atoms with van der Waals surface area (Å²) in [6, 6.07) is 29.7. The number of rotatable bonds is 7.